The van der Waals surface area contributed by atoms with E-state index in [1.54, 1.807) is 4.90 Å². The Morgan fingerprint density at radius 2 is 1.94 bits per heavy atom. The van der Waals surface area contributed by atoms with Crippen LogP contribution in [0.4, 0.5) is 18.9 Å². The number of aliphatic carboxylic acids is 1. The maximum Gasteiger partial charge on any atom is 0.416 e. The van der Waals surface area contributed by atoms with Gasteiger partial charge >= 0.3 is 12.1 Å². The second-order valence-electron chi connectivity index (χ2n) is 11.9. The monoisotopic (exact) mass is 507 g/mol. The Balaban J connectivity index is 1.33. The Morgan fingerprint density at radius 1 is 1.19 bits per heavy atom. The molecule has 2 aliphatic carbocycles. The lowest BCUT2D eigenvalue weighted by atomic mass is 9.73. The number of nitrogen functional groups attached to an aromatic ring is 1. The largest absolute Gasteiger partial charge is 0.481 e. The first-order valence-corrected chi connectivity index (χ1v) is 13.1. The zero-order chi connectivity index (χ0) is 26.0. The lowest BCUT2D eigenvalue weighted by molar-refractivity contribution is -0.146. The van der Waals surface area contributed by atoms with E-state index < -0.39 is 23.1 Å². The van der Waals surface area contributed by atoms with Crippen molar-refractivity contribution in [1.29, 1.82) is 0 Å². The molecular formula is C27H36F3N3O3. The van der Waals surface area contributed by atoms with Crippen molar-refractivity contribution in [2.45, 2.75) is 71.1 Å². The summed E-state index contributed by atoms with van der Waals surface area (Å²) in [6.45, 7) is 6.40. The molecular weight excluding hydrogens is 471 g/mol. The summed E-state index contributed by atoms with van der Waals surface area (Å²) in [6.07, 6.45) is 0.0375. The number of hydrogen-bond donors (Lipinski definition) is 2. The van der Waals surface area contributed by atoms with E-state index in [1.807, 2.05) is 0 Å². The molecule has 1 amide bonds. The van der Waals surface area contributed by atoms with Crippen molar-refractivity contribution < 1.29 is 27.9 Å². The minimum absolute atomic E-state index is 0.0324. The van der Waals surface area contributed by atoms with E-state index in [2.05, 4.69) is 18.7 Å². The zero-order valence-corrected chi connectivity index (χ0v) is 21.0. The molecule has 1 saturated heterocycles. The Hall–Kier alpha value is -2.29. The van der Waals surface area contributed by atoms with Gasteiger partial charge in [0.1, 0.15) is 0 Å². The van der Waals surface area contributed by atoms with Gasteiger partial charge in [0.15, 0.2) is 0 Å². The molecule has 2 saturated carbocycles. The highest BCUT2D eigenvalue weighted by Crippen LogP contribution is 2.50. The van der Waals surface area contributed by atoms with Gasteiger partial charge < -0.3 is 15.7 Å². The fourth-order valence-corrected chi connectivity index (χ4v) is 7.61. The number of carboxylic acids is 1. The number of halogens is 3. The Kier molecular flexibility index (Phi) is 6.29. The molecule has 1 aromatic carbocycles. The third kappa shape index (κ3) is 4.27. The van der Waals surface area contributed by atoms with Crippen LogP contribution in [0.25, 0.3) is 0 Å². The van der Waals surface area contributed by atoms with Crippen LogP contribution in [0.2, 0.25) is 0 Å². The number of carbonyl (C=O) groups is 2. The van der Waals surface area contributed by atoms with Crippen LogP contribution in [0, 0.1) is 29.1 Å². The Labute approximate surface area is 210 Å². The van der Waals surface area contributed by atoms with E-state index in [-0.39, 0.29) is 41.9 Å². The van der Waals surface area contributed by atoms with Crippen LogP contribution in [0.15, 0.2) is 12.1 Å². The number of fused-ring (bicyclic) bond motifs is 3. The first-order chi connectivity index (χ1) is 16.9. The lowest BCUT2D eigenvalue weighted by Gasteiger charge is -2.41. The van der Waals surface area contributed by atoms with Crippen molar-refractivity contribution in [3.63, 3.8) is 0 Å². The molecule has 4 aliphatic rings. The van der Waals surface area contributed by atoms with E-state index in [9.17, 15) is 27.9 Å². The van der Waals surface area contributed by atoms with Crippen LogP contribution in [0.1, 0.15) is 62.6 Å². The molecule has 1 aromatic rings. The maximum atomic E-state index is 14.0. The van der Waals surface area contributed by atoms with Crippen molar-refractivity contribution in [3.05, 3.63) is 28.8 Å². The molecule has 36 heavy (non-hydrogen) atoms. The number of carbonyl (C=O) groups excluding carboxylic acids is 1. The van der Waals surface area contributed by atoms with Crippen molar-refractivity contribution in [3.8, 4) is 0 Å². The highest BCUT2D eigenvalue weighted by atomic mass is 19.4. The standard InChI is InChI=1S/C27H36F3N3O3/c1-15(2)26(5-3-20(11-26)33-12-16-7-17(14-33)22(8-16)24(34)35)25(36)32-6-4-21-18(13-32)9-19(10-23(21)31)27(28,29)30/h9-10,15-17,20,22H,3-8,11-14,31H2,1-2H3,(H,34,35)/t16?,17?,20-,22?,26+/m1/s1. The van der Waals surface area contributed by atoms with Gasteiger partial charge in [-0.1, -0.05) is 13.8 Å². The highest BCUT2D eigenvalue weighted by molar-refractivity contribution is 5.84. The summed E-state index contributed by atoms with van der Waals surface area (Å²) in [7, 11) is 0. The number of alkyl halides is 3. The predicted octanol–water partition coefficient (Wildman–Crippen LogP) is 4.41. The summed E-state index contributed by atoms with van der Waals surface area (Å²) < 4.78 is 40.1. The first-order valence-electron chi connectivity index (χ1n) is 13.1. The molecule has 3 fully saturated rings. The van der Waals surface area contributed by atoms with E-state index >= 15 is 0 Å². The molecule has 3 N–H and O–H groups in total. The average molecular weight is 508 g/mol. The third-order valence-electron chi connectivity index (χ3n) is 9.63. The van der Waals surface area contributed by atoms with E-state index in [0.29, 0.717) is 30.0 Å². The van der Waals surface area contributed by atoms with Crippen molar-refractivity contribution in [1.82, 2.24) is 9.80 Å². The molecule has 2 heterocycles. The molecule has 0 radical (unpaired) electrons. The summed E-state index contributed by atoms with van der Waals surface area (Å²) in [5.74, 6) is -0.247. The summed E-state index contributed by atoms with van der Waals surface area (Å²) >= 11 is 0. The van der Waals surface area contributed by atoms with E-state index in [0.717, 1.165) is 57.3 Å². The maximum absolute atomic E-state index is 14.0. The SMILES string of the molecule is CC(C)[C@]1(C(=O)N2CCc3c(N)cc(C(F)(F)F)cc3C2)CC[C@@H](N2CC3CC(C2)C(C(=O)O)C3)C1. The minimum Gasteiger partial charge on any atom is -0.481 e. The molecule has 2 bridgehead atoms. The van der Waals surface area contributed by atoms with Gasteiger partial charge in [-0.2, -0.15) is 13.2 Å². The molecule has 6 nitrogen and oxygen atoms in total. The zero-order valence-electron chi connectivity index (χ0n) is 21.0. The van der Waals surface area contributed by atoms with E-state index in [1.165, 1.54) is 0 Å². The number of likely N-dealkylation sites (tertiary alicyclic amines) is 1. The van der Waals surface area contributed by atoms with Crippen LogP contribution in [0.5, 0.6) is 0 Å². The molecule has 5 atom stereocenters. The number of carboxylic acid groups (broad SMARTS) is 1. The minimum atomic E-state index is -4.49. The molecule has 198 valence electrons. The van der Waals surface area contributed by atoms with Gasteiger partial charge in [-0.25, -0.2) is 0 Å². The number of rotatable bonds is 4. The van der Waals surface area contributed by atoms with Crippen LogP contribution in [-0.2, 0) is 28.7 Å². The smallest absolute Gasteiger partial charge is 0.416 e. The number of nitrogens with two attached hydrogens (primary N) is 1. The molecule has 9 heteroatoms. The van der Waals surface area contributed by atoms with Crippen LogP contribution in [0.3, 0.4) is 0 Å². The quantitative estimate of drug-likeness (QED) is 0.590. The molecule has 0 aromatic heterocycles. The number of hydrogen-bond acceptors (Lipinski definition) is 4. The third-order valence-corrected chi connectivity index (χ3v) is 9.63. The van der Waals surface area contributed by atoms with Crippen LogP contribution >= 0.6 is 0 Å². The summed E-state index contributed by atoms with van der Waals surface area (Å²) in [6, 6.07) is 2.37. The number of anilines is 1. The van der Waals surface area contributed by atoms with Crippen molar-refractivity contribution in [2.75, 3.05) is 25.4 Å². The van der Waals surface area contributed by atoms with Crippen molar-refractivity contribution in [2.24, 2.45) is 29.1 Å². The Bertz CT molecular complexity index is 1060. The molecule has 5 rings (SSSR count). The van der Waals surface area contributed by atoms with Crippen molar-refractivity contribution >= 4 is 17.6 Å². The van der Waals surface area contributed by atoms with Gasteiger partial charge in [0.05, 0.1) is 16.9 Å². The highest BCUT2D eigenvalue weighted by Gasteiger charge is 2.53. The fourth-order valence-electron chi connectivity index (χ4n) is 7.61. The van der Waals surface area contributed by atoms with Gasteiger partial charge in [0.25, 0.3) is 0 Å². The van der Waals surface area contributed by atoms with Gasteiger partial charge in [-0.05, 0) is 79.5 Å². The fraction of sp³-hybridized carbons (Fsp3) is 0.704. The number of nitrogens with zero attached hydrogens (tertiary/aromatic N) is 2. The average Bonchev–Trinajstić information content (AvgIpc) is 3.39. The number of piperidine rings is 1. The summed E-state index contributed by atoms with van der Waals surface area (Å²) in [4.78, 5) is 29.9. The molecule has 0 spiro atoms. The number of benzene rings is 1. The number of amides is 1. The summed E-state index contributed by atoms with van der Waals surface area (Å²) in [5.41, 5.74) is 5.99. The topological polar surface area (TPSA) is 86.9 Å². The Morgan fingerprint density at radius 3 is 2.61 bits per heavy atom. The van der Waals surface area contributed by atoms with Gasteiger partial charge in [0.2, 0.25) is 5.91 Å². The van der Waals surface area contributed by atoms with E-state index in [4.69, 9.17) is 5.73 Å². The van der Waals surface area contributed by atoms with Gasteiger partial charge in [-0.3, -0.25) is 14.5 Å². The predicted molar refractivity (Wildman–Crippen MR) is 129 cm³/mol. The second-order valence-corrected chi connectivity index (χ2v) is 11.9. The van der Waals surface area contributed by atoms with Gasteiger partial charge in [-0.15, -0.1) is 0 Å². The second kappa shape index (κ2) is 8.92. The first kappa shape index (κ1) is 25.4. The van der Waals surface area contributed by atoms with Gasteiger partial charge in [0, 0.05) is 37.9 Å². The molecule has 2 aliphatic heterocycles. The summed E-state index contributed by atoms with van der Waals surface area (Å²) in [5, 5.41) is 9.59. The molecule has 3 unspecified atom stereocenters. The van der Waals surface area contributed by atoms with Crippen LogP contribution < -0.4 is 5.73 Å². The lowest BCUT2D eigenvalue weighted by Crippen LogP contribution is -2.49. The van der Waals surface area contributed by atoms with Crippen LogP contribution in [-0.4, -0.2) is 52.5 Å². The normalized spacial score (nSPS) is 32.7.